The van der Waals surface area contributed by atoms with Crippen LogP contribution in [0, 0.1) is 0 Å². The minimum Gasteiger partial charge on any atom is -0.508 e. The standard InChI is InChI=1S/C20H16N4O2/c21-20-17-11-14(15-4-2-8-22-12-15)6-7-18(17)24(23-20)19(26)10-13-3-1-5-16(25)9-13/h1-9,11-12,25H,10H2,(H2,21,23). The van der Waals surface area contributed by atoms with Crippen molar-refractivity contribution in [3.63, 3.8) is 0 Å². The number of nitrogen functional groups attached to an aromatic ring is 1. The molecule has 6 heteroatoms. The molecule has 2 heterocycles. The van der Waals surface area contributed by atoms with Crippen molar-refractivity contribution in [3.8, 4) is 16.9 Å². The molecule has 0 bridgehead atoms. The molecule has 0 radical (unpaired) electrons. The second kappa shape index (κ2) is 6.33. The predicted molar refractivity (Wildman–Crippen MR) is 99.8 cm³/mol. The third-order valence-electron chi connectivity index (χ3n) is 4.21. The Morgan fingerprint density at radius 1 is 1.08 bits per heavy atom. The Balaban J connectivity index is 1.71. The van der Waals surface area contributed by atoms with Gasteiger partial charge in [0.15, 0.2) is 5.82 Å². The van der Waals surface area contributed by atoms with Gasteiger partial charge in [0.05, 0.1) is 11.9 Å². The van der Waals surface area contributed by atoms with E-state index in [2.05, 4.69) is 10.1 Å². The molecule has 0 saturated heterocycles. The molecular formula is C20H16N4O2. The Labute approximate surface area is 149 Å². The van der Waals surface area contributed by atoms with Crippen molar-refractivity contribution < 1.29 is 9.90 Å². The second-order valence-corrected chi connectivity index (χ2v) is 6.01. The molecule has 6 nitrogen and oxygen atoms in total. The predicted octanol–water partition coefficient (Wildman–Crippen LogP) is 3.27. The number of aromatic nitrogens is 3. The largest absolute Gasteiger partial charge is 0.508 e. The first-order valence-corrected chi connectivity index (χ1v) is 8.11. The van der Waals surface area contributed by atoms with E-state index >= 15 is 0 Å². The van der Waals surface area contributed by atoms with Crippen LogP contribution in [-0.2, 0) is 6.42 Å². The molecule has 0 aliphatic heterocycles. The Bertz CT molecular complexity index is 1100. The molecule has 0 fully saturated rings. The molecule has 4 aromatic rings. The van der Waals surface area contributed by atoms with Crippen LogP contribution in [0.2, 0.25) is 0 Å². The number of benzene rings is 2. The molecule has 0 amide bonds. The first kappa shape index (κ1) is 15.8. The molecule has 128 valence electrons. The number of hydrogen-bond donors (Lipinski definition) is 2. The number of fused-ring (bicyclic) bond motifs is 1. The maximum atomic E-state index is 12.7. The van der Waals surface area contributed by atoms with Gasteiger partial charge in [0.1, 0.15) is 5.75 Å². The molecule has 2 aromatic heterocycles. The van der Waals surface area contributed by atoms with Crippen LogP contribution < -0.4 is 5.73 Å². The van der Waals surface area contributed by atoms with Crippen LogP contribution in [0.3, 0.4) is 0 Å². The van der Waals surface area contributed by atoms with E-state index in [1.807, 2.05) is 30.3 Å². The van der Waals surface area contributed by atoms with Crippen LogP contribution >= 0.6 is 0 Å². The van der Waals surface area contributed by atoms with E-state index in [0.29, 0.717) is 16.9 Å². The fourth-order valence-electron chi connectivity index (χ4n) is 2.96. The van der Waals surface area contributed by atoms with Gasteiger partial charge in [-0.3, -0.25) is 9.78 Å². The fourth-order valence-corrected chi connectivity index (χ4v) is 2.96. The van der Waals surface area contributed by atoms with Gasteiger partial charge in [-0.25, -0.2) is 0 Å². The van der Waals surface area contributed by atoms with E-state index < -0.39 is 0 Å². The van der Waals surface area contributed by atoms with E-state index in [4.69, 9.17) is 5.73 Å². The number of carbonyl (C=O) groups excluding carboxylic acids is 1. The molecule has 4 rings (SSSR count). The Hall–Kier alpha value is -3.67. The third-order valence-corrected chi connectivity index (χ3v) is 4.21. The summed E-state index contributed by atoms with van der Waals surface area (Å²) in [4.78, 5) is 16.8. The van der Waals surface area contributed by atoms with Crippen LogP contribution in [-0.4, -0.2) is 25.8 Å². The molecule has 0 unspecified atom stereocenters. The fraction of sp³-hybridized carbons (Fsp3) is 0.0500. The molecule has 0 aliphatic rings. The normalized spacial score (nSPS) is 10.9. The maximum absolute atomic E-state index is 12.7. The Kier molecular flexibility index (Phi) is 3.85. The average molecular weight is 344 g/mol. The summed E-state index contributed by atoms with van der Waals surface area (Å²) >= 11 is 0. The summed E-state index contributed by atoms with van der Waals surface area (Å²) in [6.07, 6.45) is 3.61. The zero-order chi connectivity index (χ0) is 18.1. The van der Waals surface area contributed by atoms with Crippen LogP contribution in [0.4, 0.5) is 5.82 Å². The van der Waals surface area contributed by atoms with Crippen molar-refractivity contribution in [1.29, 1.82) is 0 Å². The smallest absolute Gasteiger partial charge is 0.251 e. The summed E-state index contributed by atoms with van der Waals surface area (Å²) in [7, 11) is 0. The lowest BCUT2D eigenvalue weighted by atomic mass is 10.1. The number of carbonyl (C=O) groups is 1. The average Bonchev–Trinajstić information content (AvgIpc) is 2.99. The molecule has 2 aromatic carbocycles. The van der Waals surface area contributed by atoms with Crippen LogP contribution in [0.1, 0.15) is 10.4 Å². The first-order valence-electron chi connectivity index (χ1n) is 8.11. The number of phenolic OH excluding ortho intramolecular Hbond substituents is 1. The van der Waals surface area contributed by atoms with Gasteiger partial charge in [-0.2, -0.15) is 4.68 Å². The van der Waals surface area contributed by atoms with Crippen molar-refractivity contribution in [2.75, 3.05) is 5.73 Å². The van der Waals surface area contributed by atoms with Crippen molar-refractivity contribution in [2.45, 2.75) is 6.42 Å². The second-order valence-electron chi connectivity index (χ2n) is 6.01. The van der Waals surface area contributed by atoms with Crippen molar-refractivity contribution >= 4 is 22.6 Å². The van der Waals surface area contributed by atoms with Crippen LogP contribution in [0.25, 0.3) is 22.0 Å². The maximum Gasteiger partial charge on any atom is 0.251 e. The summed E-state index contributed by atoms with van der Waals surface area (Å²) in [5.74, 6) is 0.211. The lowest BCUT2D eigenvalue weighted by molar-refractivity contribution is 0.0904. The van der Waals surface area contributed by atoms with Crippen molar-refractivity contribution in [2.24, 2.45) is 0 Å². The minimum absolute atomic E-state index is 0.120. The van der Waals surface area contributed by atoms with Gasteiger partial charge >= 0.3 is 0 Å². The van der Waals surface area contributed by atoms with E-state index in [9.17, 15) is 9.90 Å². The number of anilines is 1. The Morgan fingerprint density at radius 3 is 2.73 bits per heavy atom. The van der Waals surface area contributed by atoms with E-state index in [1.54, 1.807) is 36.7 Å². The van der Waals surface area contributed by atoms with Gasteiger partial charge in [0, 0.05) is 23.3 Å². The molecule has 0 atom stereocenters. The first-order chi connectivity index (χ1) is 12.6. The summed E-state index contributed by atoms with van der Waals surface area (Å²) < 4.78 is 1.32. The summed E-state index contributed by atoms with van der Waals surface area (Å²) in [6.45, 7) is 0. The molecule has 3 N–H and O–H groups in total. The highest BCUT2D eigenvalue weighted by molar-refractivity contribution is 5.99. The van der Waals surface area contributed by atoms with E-state index in [0.717, 1.165) is 16.5 Å². The zero-order valence-electron chi connectivity index (χ0n) is 13.8. The monoisotopic (exact) mass is 344 g/mol. The quantitative estimate of drug-likeness (QED) is 0.595. The van der Waals surface area contributed by atoms with Gasteiger partial charge in [-0.1, -0.05) is 24.3 Å². The van der Waals surface area contributed by atoms with Gasteiger partial charge in [0.25, 0.3) is 5.91 Å². The van der Waals surface area contributed by atoms with Gasteiger partial charge < -0.3 is 10.8 Å². The molecule has 0 saturated carbocycles. The Morgan fingerprint density at radius 2 is 1.96 bits per heavy atom. The van der Waals surface area contributed by atoms with E-state index in [-0.39, 0.29) is 18.1 Å². The summed E-state index contributed by atoms with van der Waals surface area (Å²) in [5, 5.41) is 14.5. The lowest BCUT2D eigenvalue weighted by Crippen LogP contribution is -2.15. The summed E-state index contributed by atoms with van der Waals surface area (Å²) in [6, 6.07) is 16.1. The summed E-state index contributed by atoms with van der Waals surface area (Å²) in [5.41, 5.74) is 9.33. The molecule has 0 spiro atoms. The highest BCUT2D eigenvalue weighted by Gasteiger charge is 2.15. The number of aromatic hydroxyl groups is 1. The zero-order valence-corrected chi connectivity index (χ0v) is 13.8. The number of nitrogens with two attached hydrogens (primary N) is 1. The number of pyridine rings is 1. The number of hydrogen-bond acceptors (Lipinski definition) is 5. The van der Waals surface area contributed by atoms with E-state index in [1.165, 1.54) is 4.68 Å². The minimum atomic E-state index is -0.216. The highest BCUT2D eigenvalue weighted by Crippen LogP contribution is 2.27. The topological polar surface area (TPSA) is 94.0 Å². The van der Waals surface area contributed by atoms with Crippen molar-refractivity contribution in [3.05, 3.63) is 72.6 Å². The SMILES string of the molecule is Nc1nn(C(=O)Cc2cccc(O)c2)c2ccc(-c3cccnc3)cc12. The van der Waals surface area contributed by atoms with Gasteiger partial charge in [-0.05, 0) is 41.5 Å². The van der Waals surface area contributed by atoms with Crippen LogP contribution in [0.5, 0.6) is 5.75 Å². The molecular weight excluding hydrogens is 328 g/mol. The van der Waals surface area contributed by atoms with Crippen molar-refractivity contribution in [1.82, 2.24) is 14.8 Å². The third kappa shape index (κ3) is 2.88. The molecule has 0 aliphatic carbocycles. The number of phenols is 1. The number of rotatable bonds is 3. The van der Waals surface area contributed by atoms with Gasteiger partial charge in [-0.15, -0.1) is 5.10 Å². The lowest BCUT2D eigenvalue weighted by Gasteiger charge is -2.04. The van der Waals surface area contributed by atoms with Crippen LogP contribution in [0.15, 0.2) is 67.0 Å². The molecule has 26 heavy (non-hydrogen) atoms. The van der Waals surface area contributed by atoms with Gasteiger partial charge in [0.2, 0.25) is 0 Å². The number of nitrogens with zero attached hydrogens (tertiary/aromatic N) is 3. The highest BCUT2D eigenvalue weighted by atomic mass is 16.3.